The molecule has 1 aliphatic rings. The summed E-state index contributed by atoms with van der Waals surface area (Å²) in [6.45, 7) is -0.360. The Balaban J connectivity index is 1.27. The zero-order valence-electron chi connectivity index (χ0n) is 20.5. The molecule has 2 N–H and O–H groups in total. The maximum absolute atomic E-state index is 13.2. The van der Waals surface area contributed by atoms with Crippen molar-refractivity contribution in [2.45, 2.75) is 9.10 Å². The third-order valence-electron chi connectivity index (χ3n) is 5.69. The molecule has 208 valence electrons. The molecule has 2 heterocycles. The zero-order valence-corrected chi connectivity index (χ0v) is 22.9. The summed E-state index contributed by atoms with van der Waals surface area (Å²) in [7, 11) is -8.03. The van der Waals surface area contributed by atoms with Crippen molar-refractivity contribution in [1.29, 1.82) is 0 Å². The first kappa shape index (κ1) is 27.5. The second-order valence-corrected chi connectivity index (χ2v) is 12.9. The molecule has 1 aliphatic heterocycles. The van der Waals surface area contributed by atoms with Gasteiger partial charge in [0.05, 0.1) is 9.82 Å². The second-order valence-electron chi connectivity index (χ2n) is 8.28. The van der Waals surface area contributed by atoms with E-state index in [1.807, 2.05) is 0 Å². The van der Waals surface area contributed by atoms with E-state index in [2.05, 4.69) is 9.44 Å². The van der Waals surface area contributed by atoms with E-state index in [4.69, 9.17) is 14.2 Å². The maximum atomic E-state index is 13.2. The van der Waals surface area contributed by atoms with Crippen LogP contribution in [0.25, 0.3) is 11.1 Å². The minimum atomic E-state index is -4.02. The standard InChI is InChI=1S/C25H21N3O9S3/c29-28(30)17-5-8-19(9-6-17)39(31,32)26-12-13-27-40(33,34)25-21(11-14-38-25)20-3-1-2-4-22(20)37-18-7-10-23-24(15-18)36-16-35-23/h1-11,14-15,26-27H,12-13,16H2. The van der Waals surface area contributed by atoms with Crippen molar-refractivity contribution >= 4 is 37.1 Å². The van der Waals surface area contributed by atoms with Gasteiger partial charge in [-0.05, 0) is 41.8 Å². The number of thiophene rings is 1. The van der Waals surface area contributed by atoms with Crippen LogP contribution in [0.1, 0.15) is 0 Å². The molecule has 4 aromatic rings. The van der Waals surface area contributed by atoms with E-state index >= 15 is 0 Å². The Labute approximate surface area is 233 Å². The van der Waals surface area contributed by atoms with Crippen LogP contribution in [-0.2, 0) is 20.0 Å². The number of rotatable bonds is 11. The number of ether oxygens (including phenoxy) is 3. The van der Waals surface area contributed by atoms with Gasteiger partial charge < -0.3 is 14.2 Å². The van der Waals surface area contributed by atoms with E-state index < -0.39 is 25.0 Å². The number of fused-ring (bicyclic) bond motifs is 1. The van der Waals surface area contributed by atoms with Gasteiger partial charge in [0.25, 0.3) is 15.7 Å². The largest absolute Gasteiger partial charge is 0.457 e. The normalized spacial score (nSPS) is 12.8. The fraction of sp³-hybridized carbons (Fsp3) is 0.120. The summed E-state index contributed by atoms with van der Waals surface area (Å²) in [5.41, 5.74) is 0.710. The lowest BCUT2D eigenvalue weighted by Crippen LogP contribution is -2.34. The first-order valence-electron chi connectivity index (χ1n) is 11.6. The number of hydrogen-bond acceptors (Lipinski definition) is 10. The minimum absolute atomic E-state index is 0.0347. The highest BCUT2D eigenvalue weighted by atomic mass is 32.2. The van der Waals surface area contributed by atoms with E-state index in [1.165, 1.54) is 0 Å². The number of nitrogens with one attached hydrogen (secondary N) is 2. The van der Waals surface area contributed by atoms with Gasteiger partial charge in [0.15, 0.2) is 11.5 Å². The summed E-state index contributed by atoms with van der Waals surface area (Å²) in [5.74, 6) is 2.05. The molecule has 0 aliphatic carbocycles. The van der Waals surface area contributed by atoms with E-state index in [-0.39, 0.29) is 34.7 Å². The monoisotopic (exact) mass is 603 g/mol. The Bertz CT molecular complexity index is 1770. The van der Waals surface area contributed by atoms with Gasteiger partial charge in [-0.3, -0.25) is 10.1 Å². The van der Waals surface area contributed by atoms with E-state index in [1.54, 1.807) is 53.9 Å². The number of para-hydroxylation sites is 1. The van der Waals surface area contributed by atoms with Gasteiger partial charge >= 0.3 is 0 Å². The fourth-order valence-electron chi connectivity index (χ4n) is 3.82. The maximum Gasteiger partial charge on any atom is 0.269 e. The van der Waals surface area contributed by atoms with Gasteiger partial charge in [0.1, 0.15) is 15.7 Å². The molecule has 5 rings (SSSR count). The highest BCUT2D eigenvalue weighted by molar-refractivity contribution is 7.91. The predicted octanol–water partition coefficient (Wildman–Crippen LogP) is 4.10. The van der Waals surface area contributed by atoms with Crippen LogP contribution in [0, 0.1) is 10.1 Å². The van der Waals surface area contributed by atoms with Gasteiger partial charge in [-0.2, -0.15) is 0 Å². The number of sulfonamides is 2. The number of benzene rings is 3. The average molecular weight is 604 g/mol. The zero-order chi connectivity index (χ0) is 28.3. The van der Waals surface area contributed by atoms with Crippen LogP contribution in [0.3, 0.4) is 0 Å². The summed E-state index contributed by atoms with van der Waals surface area (Å²) >= 11 is 1.01. The van der Waals surface area contributed by atoms with Crippen LogP contribution in [0.2, 0.25) is 0 Å². The molecule has 0 amide bonds. The third kappa shape index (κ3) is 5.93. The number of nitro benzene ring substituents is 1. The van der Waals surface area contributed by atoms with E-state index in [0.717, 1.165) is 35.6 Å². The molecular weight excluding hydrogens is 582 g/mol. The van der Waals surface area contributed by atoms with Crippen LogP contribution >= 0.6 is 11.3 Å². The molecule has 0 bridgehead atoms. The molecule has 0 spiro atoms. The highest BCUT2D eigenvalue weighted by Crippen LogP contribution is 2.41. The molecular formula is C25H21N3O9S3. The van der Waals surface area contributed by atoms with Gasteiger partial charge in [0.2, 0.25) is 16.8 Å². The van der Waals surface area contributed by atoms with Crippen LogP contribution in [0.4, 0.5) is 5.69 Å². The Kier molecular flexibility index (Phi) is 7.73. The van der Waals surface area contributed by atoms with Crippen LogP contribution in [0.15, 0.2) is 87.3 Å². The molecule has 0 unspecified atom stereocenters. The Morgan fingerprint density at radius 2 is 1.55 bits per heavy atom. The van der Waals surface area contributed by atoms with Crippen molar-refractivity contribution < 1.29 is 36.0 Å². The number of nitrogens with zero attached hydrogens (tertiary/aromatic N) is 1. The lowest BCUT2D eigenvalue weighted by atomic mass is 10.1. The molecule has 0 radical (unpaired) electrons. The van der Waals surface area contributed by atoms with Crippen molar-refractivity contribution in [2.75, 3.05) is 19.9 Å². The van der Waals surface area contributed by atoms with Crippen molar-refractivity contribution in [2.24, 2.45) is 0 Å². The number of hydrogen-bond donors (Lipinski definition) is 2. The molecule has 0 saturated heterocycles. The highest BCUT2D eigenvalue weighted by Gasteiger charge is 2.24. The molecule has 15 heteroatoms. The molecule has 0 fully saturated rings. The average Bonchev–Trinajstić information content (AvgIpc) is 3.62. The molecule has 40 heavy (non-hydrogen) atoms. The van der Waals surface area contributed by atoms with Gasteiger partial charge in [-0.15, -0.1) is 11.3 Å². The molecule has 0 saturated carbocycles. The quantitative estimate of drug-likeness (QED) is 0.146. The summed E-state index contributed by atoms with van der Waals surface area (Å²) in [6.07, 6.45) is 0. The lowest BCUT2D eigenvalue weighted by Gasteiger charge is -2.13. The summed E-state index contributed by atoms with van der Waals surface area (Å²) < 4.78 is 72.8. The van der Waals surface area contributed by atoms with Crippen LogP contribution < -0.4 is 23.7 Å². The first-order valence-corrected chi connectivity index (χ1v) is 15.5. The summed E-state index contributed by atoms with van der Waals surface area (Å²) in [5, 5.41) is 12.4. The first-order chi connectivity index (χ1) is 19.1. The predicted molar refractivity (Wildman–Crippen MR) is 146 cm³/mol. The van der Waals surface area contributed by atoms with Crippen molar-refractivity contribution in [3.63, 3.8) is 0 Å². The molecule has 3 aromatic carbocycles. The SMILES string of the molecule is O=[N+]([O-])c1ccc(S(=O)(=O)NCCNS(=O)(=O)c2sccc2-c2ccccc2Oc2ccc3c(c2)OCO3)cc1. The third-order valence-corrected chi connectivity index (χ3v) is 10.1. The van der Waals surface area contributed by atoms with Crippen molar-refractivity contribution in [1.82, 2.24) is 9.44 Å². The van der Waals surface area contributed by atoms with E-state index in [0.29, 0.717) is 34.1 Å². The van der Waals surface area contributed by atoms with Crippen LogP contribution in [0.5, 0.6) is 23.0 Å². The second kappa shape index (κ2) is 11.2. The molecule has 12 nitrogen and oxygen atoms in total. The molecule has 1 aromatic heterocycles. The molecule has 0 atom stereocenters. The summed E-state index contributed by atoms with van der Waals surface area (Å²) in [4.78, 5) is 9.96. The smallest absolute Gasteiger partial charge is 0.269 e. The topological polar surface area (TPSA) is 163 Å². The Hall–Kier alpha value is -4.02. The van der Waals surface area contributed by atoms with Crippen molar-refractivity contribution in [3.05, 3.63) is 88.3 Å². The number of nitro groups is 1. The lowest BCUT2D eigenvalue weighted by molar-refractivity contribution is -0.384. The fourth-order valence-corrected chi connectivity index (χ4v) is 7.30. The van der Waals surface area contributed by atoms with E-state index in [9.17, 15) is 26.9 Å². The van der Waals surface area contributed by atoms with Crippen LogP contribution in [-0.4, -0.2) is 41.6 Å². The van der Waals surface area contributed by atoms with Crippen molar-refractivity contribution in [3.8, 4) is 34.1 Å². The van der Waals surface area contributed by atoms with Gasteiger partial charge in [-0.1, -0.05) is 18.2 Å². The Morgan fingerprint density at radius 3 is 2.30 bits per heavy atom. The minimum Gasteiger partial charge on any atom is -0.457 e. The Morgan fingerprint density at radius 1 is 0.850 bits per heavy atom. The van der Waals surface area contributed by atoms with Gasteiger partial charge in [0, 0.05) is 42.4 Å². The van der Waals surface area contributed by atoms with Gasteiger partial charge in [-0.25, -0.2) is 26.3 Å². The number of non-ortho nitro benzene ring substituents is 1. The summed E-state index contributed by atoms with van der Waals surface area (Å²) in [6, 6.07) is 18.1.